The number of carbonyl (C=O) groups excluding carboxylic acids is 2. The lowest BCUT2D eigenvalue weighted by molar-refractivity contribution is -0.165. The van der Waals surface area contributed by atoms with E-state index in [1.165, 1.54) is 0 Å². The molecule has 0 aliphatic carbocycles. The molecule has 6 heteroatoms. The summed E-state index contributed by atoms with van der Waals surface area (Å²) in [6, 6.07) is 7.59. The van der Waals surface area contributed by atoms with Crippen LogP contribution in [0.4, 0.5) is 4.79 Å². The Morgan fingerprint density at radius 3 is 2.50 bits per heavy atom. The summed E-state index contributed by atoms with van der Waals surface area (Å²) in [5, 5.41) is 0. The first-order valence-electron chi connectivity index (χ1n) is 8.17. The number of rotatable bonds is 4. The molecule has 5 nitrogen and oxygen atoms in total. The second kappa shape index (κ2) is 8.01. The van der Waals surface area contributed by atoms with E-state index in [0.29, 0.717) is 13.1 Å². The fourth-order valence-corrected chi connectivity index (χ4v) is 2.96. The van der Waals surface area contributed by atoms with Gasteiger partial charge in [-0.15, -0.1) is 0 Å². The van der Waals surface area contributed by atoms with Crippen LogP contribution < -0.4 is 0 Å². The number of benzene rings is 1. The number of halogens is 1. The molecule has 1 fully saturated rings. The van der Waals surface area contributed by atoms with Gasteiger partial charge in [-0.3, -0.25) is 0 Å². The van der Waals surface area contributed by atoms with Crippen LogP contribution in [0.2, 0.25) is 0 Å². The molecule has 0 bridgehead atoms. The maximum atomic E-state index is 12.5. The topological polar surface area (TPSA) is 55.8 Å². The van der Waals surface area contributed by atoms with Gasteiger partial charge in [-0.1, -0.05) is 28.1 Å². The minimum absolute atomic E-state index is 0.286. The molecule has 24 heavy (non-hydrogen) atoms. The quantitative estimate of drug-likeness (QED) is 0.722. The molecule has 2 rings (SSSR count). The minimum Gasteiger partial charge on any atom is -0.457 e. The molecule has 0 aromatic heterocycles. The Kier molecular flexibility index (Phi) is 6.27. The number of esters is 1. The molecule has 132 valence electrons. The highest BCUT2D eigenvalue weighted by Gasteiger charge is 2.31. The zero-order chi connectivity index (χ0) is 17.7. The molecule has 1 atom stereocenters. The molecule has 1 amide bonds. The molecule has 1 aromatic carbocycles. The molecular weight excluding hydrogens is 374 g/mol. The third kappa shape index (κ3) is 5.82. The summed E-state index contributed by atoms with van der Waals surface area (Å²) in [5.41, 5.74) is 0.265. The van der Waals surface area contributed by atoms with Gasteiger partial charge in [0.05, 0.1) is 0 Å². The summed E-state index contributed by atoms with van der Waals surface area (Å²) >= 11 is 3.41. The van der Waals surface area contributed by atoms with Gasteiger partial charge in [-0.2, -0.15) is 0 Å². The lowest BCUT2D eigenvalue weighted by atomic mass is 10.1. The maximum Gasteiger partial charge on any atom is 0.410 e. The van der Waals surface area contributed by atoms with E-state index in [2.05, 4.69) is 15.9 Å². The predicted octanol–water partition coefficient (Wildman–Crippen LogP) is 3.93. The lowest BCUT2D eigenvalue weighted by Crippen LogP contribution is -2.39. The van der Waals surface area contributed by atoms with Crippen LogP contribution in [0.15, 0.2) is 28.7 Å². The molecule has 1 aliphatic heterocycles. The van der Waals surface area contributed by atoms with Gasteiger partial charge in [-0.05, 0) is 51.3 Å². The first kappa shape index (κ1) is 18.8. The second-order valence-electron chi connectivity index (χ2n) is 6.93. The highest BCUT2D eigenvalue weighted by Crippen LogP contribution is 2.18. The molecule has 0 radical (unpaired) electrons. The maximum absolute atomic E-state index is 12.5. The molecule has 1 saturated heterocycles. The van der Waals surface area contributed by atoms with Gasteiger partial charge in [0.1, 0.15) is 5.60 Å². The first-order chi connectivity index (χ1) is 11.2. The van der Waals surface area contributed by atoms with Crippen molar-refractivity contribution in [1.29, 1.82) is 0 Å². The van der Waals surface area contributed by atoms with Crippen LogP contribution in [-0.2, 0) is 20.7 Å². The number of nitrogens with zero attached hydrogens (tertiary/aromatic N) is 1. The third-order valence-electron chi connectivity index (χ3n) is 3.59. The summed E-state index contributed by atoms with van der Waals surface area (Å²) in [7, 11) is 0. The Hall–Kier alpha value is -1.56. The first-order valence-corrected chi connectivity index (χ1v) is 8.97. The van der Waals surface area contributed by atoms with Crippen LogP contribution >= 0.6 is 15.9 Å². The highest BCUT2D eigenvalue weighted by atomic mass is 79.9. The van der Waals surface area contributed by atoms with Crippen molar-refractivity contribution in [2.45, 2.75) is 51.7 Å². The van der Waals surface area contributed by atoms with Crippen molar-refractivity contribution in [1.82, 2.24) is 4.90 Å². The monoisotopic (exact) mass is 397 g/mol. The molecule has 0 N–H and O–H groups in total. The van der Waals surface area contributed by atoms with Gasteiger partial charge < -0.3 is 14.4 Å². The molecule has 0 spiro atoms. The van der Waals surface area contributed by atoms with E-state index in [9.17, 15) is 9.59 Å². The van der Waals surface area contributed by atoms with Gasteiger partial charge in [0.25, 0.3) is 0 Å². The van der Waals surface area contributed by atoms with E-state index in [1.54, 1.807) is 25.7 Å². The third-order valence-corrected chi connectivity index (χ3v) is 4.08. The van der Waals surface area contributed by atoms with E-state index >= 15 is 0 Å². The molecule has 0 saturated carbocycles. The van der Waals surface area contributed by atoms with E-state index in [4.69, 9.17) is 9.47 Å². The van der Waals surface area contributed by atoms with Crippen molar-refractivity contribution in [3.63, 3.8) is 0 Å². The average molecular weight is 398 g/mol. The van der Waals surface area contributed by atoms with Crippen LogP contribution in [0.25, 0.3) is 0 Å². The molecule has 1 heterocycles. The Balaban J connectivity index is 2.10. The van der Waals surface area contributed by atoms with Gasteiger partial charge in [0, 0.05) is 24.0 Å². The summed E-state index contributed by atoms with van der Waals surface area (Å²) in [6.07, 6.45) is 0.828. The molecule has 1 aliphatic rings. The van der Waals surface area contributed by atoms with Crippen LogP contribution in [0.3, 0.4) is 0 Å². The van der Waals surface area contributed by atoms with E-state index in [1.807, 2.05) is 24.3 Å². The van der Waals surface area contributed by atoms with Crippen LogP contribution in [0, 0.1) is 0 Å². The number of carbonyl (C=O) groups is 2. The number of hydrogen-bond donors (Lipinski definition) is 0. The molecule has 0 unspecified atom stereocenters. The normalized spacial score (nSPS) is 15.9. The summed E-state index contributed by atoms with van der Waals surface area (Å²) in [6.45, 7) is 6.74. The second-order valence-corrected chi connectivity index (χ2v) is 7.85. The highest BCUT2D eigenvalue weighted by molar-refractivity contribution is 9.10. The Labute approximate surface area is 151 Å². The summed E-state index contributed by atoms with van der Waals surface area (Å²) in [4.78, 5) is 26.4. The Morgan fingerprint density at radius 1 is 1.25 bits per heavy atom. The fourth-order valence-electron chi connectivity index (χ4n) is 2.51. The van der Waals surface area contributed by atoms with Crippen LogP contribution in [0.1, 0.15) is 39.2 Å². The summed E-state index contributed by atoms with van der Waals surface area (Å²) in [5.74, 6) is -0.518. The average Bonchev–Trinajstić information content (AvgIpc) is 2.99. The zero-order valence-electron chi connectivity index (χ0n) is 14.4. The van der Waals surface area contributed by atoms with E-state index < -0.39 is 23.8 Å². The fraction of sp³-hybridized carbons (Fsp3) is 0.556. The standard InChI is InChI=1S/C18H24BrNO4/c1-18(2,3)24-16(21)15(12-13-7-6-8-14(19)11-13)23-17(22)20-9-4-5-10-20/h6-8,11,15H,4-5,9-10,12H2,1-3H3/t15-/m0/s1. The van der Waals surface area contributed by atoms with Crippen molar-refractivity contribution in [2.24, 2.45) is 0 Å². The largest absolute Gasteiger partial charge is 0.457 e. The van der Waals surface area contributed by atoms with Crippen LogP contribution in [0.5, 0.6) is 0 Å². The summed E-state index contributed by atoms with van der Waals surface area (Å²) < 4.78 is 11.8. The minimum atomic E-state index is -0.952. The van der Waals surface area contributed by atoms with Crippen molar-refractivity contribution in [2.75, 3.05) is 13.1 Å². The van der Waals surface area contributed by atoms with Crippen molar-refractivity contribution < 1.29 is 19.1 Å². The Bertz CT molecular complexity index is 591. The number of ether oxygens (including phenoxy) is 2. The van der Waals surface area contributed by atoms with Crippen LogP contribution in [-0.4, -0.2) is 41.8 Å². The zero-order valence-corrected chi connectivity index (χ0v) is 16.0. The molecule has 1 aromatic rings. The predicted molar refractivity (Wildman–Crippen MR) is 94.8 cm³/mol. The van der Waals surface area contributed by atoms with Gasteiger partial charge >= 0.3 is 12.1 Å². The molecular formula is C18H24BrNO4. The number of hydrogen-bond acceptors (Lipinski definition) is 4. The smallest absolute Gasteiger partial charge is 0.410 e. The van der Waals surface area contributed by atoms with Gasteiger partial charge in [0.2, 0.25) is 6.10 Å². The van der Waals surface area contributed by atoms with Crippen molar-refractivity contribution in [3.05, 3.63) is 34.3 Å². The SMILES string of the molecule is CC(C)(C)OC(=O)[C@H](Cc1cccc(Br)c1)OC(=O)N1CCCC1. The van der Waals surface area contributed by atoms with Gasteiger partial charge in [-0.25, -0.2) is 9.59 Å². The van der Waals surface area contributed by atoms with E-state index in [-0.39, 0.29) is 6.42 Å². The van der Waals surface area contributed by atoms with E-state index in [0.717, 1.165) is 22.9 Å². The number of likely N-dealkylation sites (tertiary alicyclic amines) is 1. The van der Waals surface area contributed by atoms with Gasteiger partial charge in [0.15, 0.2) is 0 Å². The lowest BCUT2D eigenvalue weighted by Gasteiger charge is -2.25. The van der Waals surface area contributed by atoms with Crippen molar-refractivity contribution >= 4 is 28.0 Å². The Morgan fingerprint density at radius 2 is 1.92 bits per heavy atom. The number of amides is 1. The van der Waals surface area contributed by atoms with Crippen molar-refractivity contribution in [3.8, 4) is 0 Å².